The van der Waals surface area contributed by atoms with Crippen LogP contribution in [0.15, 0.2) is 30.3 Å². The van der Waals surface area contributed by atoms with E-state index in [0.29, 0.717) is 0 Å². The molecule has 4 heterocycles. The molecule has 1 saturated heterocycles. The number of anilines is 1. The van der Waals surface area contributed by atoms with Gasteiger partial charge in [-0.15, -0.1) is 0 Å². The van der Waals surface area contributed by atoms with Crippen molar-refractivity contribution in [2.24, 2.45) is 0 Å². The number of pyridine rings is 1. The first-order chi connectivity index (χ1) is 15.0. The van der Waals surface area contributed by atoms with Crippen LogP contribution < -0.4 is 4.90 Å². The van der Waals surface area contributed by atoms with E-state index in [1.807, 2.05) is 0 Å². The Morgan fingerprint density at radius 1 is 0.968 bits per heavy atom. The number of aromatic nitrogens is 2. The fourth-order valence-electron chi connectivity index (χ4n) is 5.30. The molecule has 5 rings (SSSR count). The highest BCUT2D eigenvalue weighted by Gasteiger charge is 2.24. The third-order valence-electron chi connectivity index (χ3n) is 7.38. The Bertz CT molecular complexity index is 1090. The van der Waals surface area contributed by atoms with Gasteiger partial charge in [-0.05, 0) is 57.0 Å². The molecule has 1 fully saturated rings. The first kappa shape index (κ1) is 20.5. The number of hydrogen-bond donors (Lipinski definition) is 0. The normalized spacial score (nSPS) is 18.0. The summed E-state index contributed by atoms with van der Waals surface area (Å²) in [7, 11) is 2.22. The summed E-state index contributed by atoms with van der Waals surface area (Å²) in [6.45, 7) is 15.2. The highest BCUT2D eigenvalue weighted by Crippen LogP contribution is 2.35. The Kier molecular flexibility index (Phi) is 5.49. The zero-order valence-corrected chi connectivity index (χ0v) is 19.5. The maximum Gasteiger partial charge on any atom is 0.153 e. The predicted octanol–water partition coefficient (Wildman–Crippen LogP) is 3.98. The molecule has 0 unspecified atom stereocenters. The fourth-order valence-corrected chi connectivity index (χ4v) is 5.30. The quantitative estimate of drug-likeness (QED) is 0.642. The molecule has 3 aromatic rings. The Labute approximate surface area is 186 Å². The summed E-state index contributed by atoms with van der Waals surface area (Å²) in [4.78, 5) is 12.8. The van der Waals surface area contributed by atoms with Crippen molar-refractivity contribution < 1.29 is 0 Å². The van der Waals surface area contributed by atoms with Gasteiger partial charge < -0.3 is 14.4 Å². The first-order valence-electron chi connectivity index (χ1n) is 11.8. The molecular weight excluding hydrogens is 382 g/mol. The summed E-state index contributed by atoms with van der Waals surface area (Å²) >= 11 is 0. The average molecular weight is 418 g/mol. The number of rotatable bonds is 4. The second-order valence-corrected chi connectivity index (χ2v) is 9.31. The van der Waals surface area contributed by atoms with Gasteiger partial charge in [0, 0.05) is 63.4 Å². The van der Waals surface area contributed by atoms with Gasteiger partial charge in [-0.2, -0.15) is 0 Å². The van der Waals surface area contributed by atoms with Crippen LogP contribution in [0.25, 0.3) is 10.9 Å². The molecule has 5 nitrogen and oxygen atoms in total. The fraction of sp³-hybridized carbons (Fsp3) is 0.500. The minimum Gasteiger partial charge on any atom is -0.350 e. The number of nitrogens with zero attached hydrogens (tertiary/aromatic N) is 5. The average Bonchev–Trinajstić information content (AvgIpc) is 3.04. The van der Waals surface area contributed by atoms with Crippen LogP contribution in [0.3, 0.4) is 0 Å². The highest BCUT2D eigenvalue weighted by atomic mass is 15.3. The number of likely N-dealkylation sites (N-methyl/N-ethyl adjacent to an activating group) is 1. The molecule has 0 bridgehead atoms. The molecule has 31 heavy (non-hydrogen) atoms. The lowest BCUT2D eigenvalue weighted by Crippen LogP contribution is -2.44. The SMILES string of the molecule is CCn1c(C)c(C)c2cc(CN3CCN(C)CC3)nc(N3CCc4ccccc4C3)c21. The van der Waals surface area contributed by atoms with Crippen molar-refractivity contribution in [1.29, 1.82) is 0 Å². The zero-order chi connectivity index (χ0) is 21.5. The second-order valence-electron chi connectivity index (χ2n) is 9.31. The molecule has 0 N–H and O–H groups in total. The Morgan fingerprint density at radius 3 is 2.45 bits per heavy atom. The van der Waals surface area contributed by atoms with Crippen molar-refractivity contribution in [3.63, 3.8) is 0 Å². The smallest absolute Gasteiger partial charge is 0.153 e. The first-order valence-corrected chi connectivity index (χ1v) is 11.8. The number of benzene rings is 1. The van der Waals surface area contributed by atoms with Crippen molar-refractivity contribution in [3.8, 4) is 0 Å². The molecule has 0 atom stereocenters. The van der Waals surface area contributed by atoms with Crippen LogP contribution in [0, 0.1) is 13.8 Å². The lowest BCUT2D eigenvalue weighted by molar-refractivity contribution is 0.147. The van der Waals surface area contributed by atoms with Crippen LogP contribution in [0.5, 0.6) is 0 Å². The molecule has 1 aromatic carbocycles. The molecule has 0 spiro atoms. The van der Waals surface area contributed by atoms with Crippen molar-refractivity contribution in [2.75, 3.05) is 44.7 Å². The van der Waals surface area contributed by atoms with E-state index in [1.54, 1.807) is 0 Å². The molecule has 0 aliphatic carbocycles. The van der Waals surface area contributed by atoms with Gasteiger partial charge in [0.25, 0.3) is 0 Å². The Hall–Kier alpha value is -2.37. The summed E-state index contributed by atoms with van der Waals surface area (Å²) in [5.74, 6) is 1.18. The van der Waals surface area contributed by atoms with Crippen LogP contribution in [-0.4, -0.2) is 59.1 Å². The third-order valence-corrected chi connectivity index (χ3v) is 7.38. The molecule has 2 aliphatic rings. The summed E-state index contributed by atoms with van der Waals surface area (Å²) in [6.07, 6.45) is 1.09. The van der Waals surface area contributed by atoms with Crippen molar-refractivity contribution in [1.82, 2.24) is 19.4 Å². The van der Waals surface area contributed by atoms with E-state index in [4.69, 9.17) is 4.98 Å². The number of piperazine rings is 1. The van der Waals surface area contributed by atoms with Gasteiger partial charge in [-0.25, -0.2) is 4.98 Å². The number of hydrogen-bond acceptors (Lipinski definition) is 4. The van der Waals surface area contributed by atoms with Gasteiger partial charge in [0.1, 0.15) is 0 Å². The predicted molar refractivity (Wildman–Crippen MR) is 129 cm³/mol. The van der Waals surface area contributed by atoms with E-state index in [1.165, 1.54) is 44.8 Å². The monoisotopic (exact) mass is 417 g/mol. The Balaban J connectivity index is 1.57. The van der Waals surface area contributed by atoms with Gasteiger partial charge in [0.05, 0.1) is 11.2 Å². The van der Waals surface area contributed by atoms with Crippen molar-refractivity contribution in [2.45, 2.75) is 46.8 Å². The summed E-state index contributed by atoms with van der Waals surface area (Å²) in [6, 6.07) is 11.3. The number of aryl methyl sites for hydroxylation is 2. The van der Waals surface area contributed by atoms with Crippen molar-refractivity contribution >= 4 is 16.7 Å². The molecule has 2 aliphatic heterocycles. The van der Waals surface area contributed by atoms with E-state index in [-0.39, 0.29) is 0 Å². The van der Waals surface area contributed by atoms with E-state index in [9.17, 15) is 0 Å². The van der Waals surface area contributed by atoms with Gasteiger partial charge in [0.2, 0.25) is 0 Å². The minimum atomic E-state index is 0.941. The van der Waals surface area contributed by atoms with Crippen LogP contribution in [-0.2, 0) is 26.1 Å². The van der Waals surface area contributed by atoms with Gasteiger partial charge in [-0.1, -0.05) is 24.3 Å². The molecule has 0 amide bonds. The van der Waals surface area contributed by atoms with Crippen molar-refractivity contribution in [3.05, 3.63) is 58.4 Å². The number of fused-ring (bicyclic) bond motifs is 2. The van der Waals surface area contributed by atoms with Gasteiger partial charge >= 0.3 is 0 Å². The topological polar surface area (TPSA) is 27.5 Å². The zero-order valence-electron chi connectivity index (χ0n) is 19.5. The maximum absolute atomic E-state index is 5.32. The van der Waals surface area contributed by atoms with E-state index in [2.05, 4.69) is 77.4 Å². The highest BCUT2D eigenvalue weighted by molar-refractivity contribution is 5.94. The standard InChI is InChI=1S/C26H35N5/c1-5-31-20(3)19(2)24-16-23(18-29-14-12-28(4)13-15-29)27-26(25(24)31)30-11-10-21-8-6-7-9-22(21)17-30/h6-9,16H,5,10-15,17-18H2,1-4H3. The summed E-state index contributed by atoms with van der Waals surface area (Å²) < 4.78 is 2.47. The van der Waals surface area contributed by atoms with E-state index in [0.717, 1.165) is 58.8 Å². The second kappa shape index (κ2) is 8.29. The van der Waals surface area contributed by atoms with Gasteiger partial charge in [-0.3, -0.25) is 4.90 Å². The molecule has 2 aromatic heterocycles. The van der Waals surface area contributed by atoms with Crippen LogP contribution in [0.2, 0.25) is 0 Å². The maximum atomic E-state index is 5.32. The molecule has 0 saturated carbocycles. The third kappa shape index (κ3) is 3.74. The molecule has 5 heteroatoms. The van der Waals surface area contributed by atoms with Crippen LogP contribution in [0.1, 0.15) is 35.0 Å². The van der Waals surface area contributed by atoms with E-state index >= 15 is 0 Å². The lowest BCUT2D eigenvalue weighted by atomic mass is 10.00. The largest absolute Gasteiger partial charge is 0.350 e. The minimum absolute atomic E-state index is 0.941. The van der Waals surface area contributed by atoms with Gasteiger partial charge in [0.15, 0.2) is 5.82 Å². The van der Waals surface area contributed by atoms with Crippen LogP contribution >= 0.6 is 0 Å². The molecule has 0 radical (unpaired) electrons. The van der Waals surface area contributed by atoms with E-state index < -0.39 is 0 Å². The lowest BCUT2D eigenvalue weighted by Gasteiger charge is -2.33. The molecule has 164 valence electrons. The van der Waals surface area contributed by atoms with Crippen LogP contribution in [0.4, 0.5) is 5.82 Å². The Morgan fingerprint density at radius 2 is 1.71 bits per heavy atom. The summed E-state index contributed by atoms with van der Waals surface area (Å²) in [5.41, 5.74) is 8.23. The summed E-state index contributed by atoms with van der Waals surface area (Å²) in [5, 5.41) is 1.38. The molecular formula is C26H35N5.